The Bertz CT molecular complexity index is 6680. The first-order valence-electron chi connectivity index (χ1n) is 49.5. The molecule has 3 amide bonds. The van der Waals surface area contributed by atoms with Gasteiger partial charge in [0.1, 0.15) is 34.9 Å². The van der Waals surface area contributed by atoms with Crippen LogP contribution in [0.25, 0.3) is 17.5 Å². The Labute approximate surface area is 859 Å². The molecule has 12 aromatic rings. The number of pyridine rings is 9. The van der Waals surface area contributed by atoms with Gasteiger partial charge in [0.2, 0.25) is 17.6 Å². The third-order valence-corrected chi connectivity index (χ3v) is 33.3. The van der Waals surface area contributed by atoms with E-state index in [1.54, 1.807) is 73.6 Å². The second-order valence-corrected chi connectivity index (χ2v) is 46.4. The third kappa shape index (κ3) is 22.8. The van der Waals surface area contributed by atoms with Gasteiger partial charge in [-0.1, -0.05) is 36.4 Å². The molecule has 0 aromatic carbocycles. The molecular weight excluding hydrogens is 2020 g/mol. The zero-order valence-corrected chi connectivity index (χ0v) is 85.0. The number of fused-ring (bicyclic) bond motifs is 18. The Morgan fingerprint density at radius 1 is 0.340 bits per heavy atom. The van der Waals surface area contributed by atoms with Crippen LogP contribution in [0.15, 0.2) is 216 Å². The first-order valence-corrected chi connectivity index (χ1v) is 53.9. The summed E-state index contributed by atoms with van der Waals surface area (Å²) in [7, 11) is -13.2. The molecule has 792 valence electrons. The van der Waals surface area contributed by atoms with E-state index < -0.39 is 99.2 Å². The number of rotatable bonds is 18. The van der Waals surface area contributed by atoms with Crippen LogP contribution in [0.2, 0.25) is 0 Å². The highest BCUT2D eigenvalue weighted by Crippen LogP contribution is 2.62. The fourth-order valence-electron chi connectivity index (χ4n) is 20.8. The van der Waals surface area contributed by atoms with Crippen LogP contribution in [-0.2, 0) is 30.1 Å². The number of carbonyl (C=O) groups excluding carboxylic acids is 3. The predicted octanol–water partition coefficient (Wildman–Crippen LogP) is 17.5. The molecule has 6 N–H and O–H groups in total. The maximum absolute atomic E-state index is 13.8. The number of carbonyl (C=O) groups is 3. The van der Waals surface area contributed by atoms with Crippen LogP contribution >= 0.6 is 0 Å². The summed E-state index contributed by atoms with van der Waals surface area (Å²) in [6, 6.07) is 43.5. The third-order valence-electron chi connectivity index (χ3n) is 29.6. The first kappa shape index (κ1) is 104. The molecule has 3 aliphatic carbocycles. The molecule has 6 fully saturated rings. The zero-order chi connectivity index (χ0) is 106. The molecule has 18 heterocycles. The van der Waals surface area contributed by atoms with E-state index in [2.05, 4.69) is 117 Å². The maximum Gasteiger partial charge on any atom is 0.394 e. The first-order chi connectivity index (χ1) is 71.2. The Morgan fingerprint density at radius 2 is 0.613 bits per heavy atom. The summed E-state index contributed by atoms with van der Waals surface area (Å²) in [5, 5.41) is 22.2. The van der Waals surface area contributed by atoms with Gasteiger partial charge in [-0.25, -0.2) is 58.1 Å². The number of halogens is 9. The molecule has 3 saturated carbocycles. The van der Waals surface area contributed by atoms with E-state index in [0.29, 0.717) is 73.8 Å². The molecule has 48 heteroatoms. The van der Waals surface area contributed by atoms with Crippen molar-refractivity contribution in [2.45, 2.75) is 225 Å². The van der Waals surface area contributed by atoms with Crippen molar-refractivity contribution < 1.29 is 93.4 Å². The second-order valence-electron chi connectivity index (χ2n) is 41.5. The molecule has 6 aliphatic heterocycles. The zero-order valence-electron chi connectivity index (χ0n) is 82.6. The van der Waals surface area contributed by atoms with Gasteiger partial charge in [-0.15, -0.1) is 15.3 Å². The summed E-state index contributed by atoms with van der Waals surface area (Å²) in [4.78, 5) is 88.5. The summed E-state index contributed by atoms with van der Waals surface area (Å²) in [5.41, 5.74) is -3.90. The van der Waals surface area contributed by atoms with Crippen LogP contribution in [0, 0.1) is 34.0 Å². The standard InChI is InChI=1S/3C34H37F3N8O4S/c3*1-32(2)20-22-9-11-25(24-6-3-4-17-38-24)39-26-7-5-8-29(40-26)50(47,48)43-31(46)23-10-12-27(41-30(23)44(32)21-22)45-18-13-28(42-45)49-19-16-33(14-15-33)34(35,36)37/h3*3-8,10,12-13,17-18,22,25H,9,11,14-16,19-21H2,1-2H3,(H,39,40)(H,43,46)/t3*22-,25?/m000/s1. The predicted molar refractivity (Wildman–Crippen MR) is 532 cm³/mol. The molecule has 150 heavy (non-hydrogen) atoms. The minimum Gasteiger partial charge on any atom is -0.477 e. The maximum atomic E-state index is 13.8. The van der Waals surface area contributed by atoms with E-state index in [0.717, 1.165) is 55.6 Å². The summed E-state index contributed by atoms with van der Waals surface area (Å²) in [6.07, 6.45) is 3.95. The molecule has 0 spiro atoms. The number of nitrogens with zero attached hydrogens (tertiary/aromatic N) is 18. The van der Waals surface area contributed by atoms with Crippen molar-refractivity contribution in [3.63, 3.8) is 0 Å². The highest BCUT2D eigenvalue weighted by atomic mass is 32.2. The van der Waals surface area contributed by atoms with Crippen molar-refractivity contribution >= 4 is 82.7 Å². The van der Waals surface area contributed by atoms with Crippen LogP contribution in [0.5, 0.6) is 17.6 Å². The molecule has 0 radical (unpaired) electrons. The summed E-state index contributed by atoms with van der Waals surface area (Å²) < 4.78 is 229. The van der Waals surface area contributed by atoms with E-state index >= 15 is 0 Å². The van der Waals surface area contributed by atoms with Crippen molar-refractivity contribution in [1.82, 2.24) is 88.4 Å². The topological polar surface area (TPSA) is 433 Å². The van der Waals surface area contributed by atoms with Crippen LogP contribution in [-0.4, -0.2) is 192 Å². The number of hydrogen-bond acceptors (Lipinski definition) is 30. The van der Waals surface area contributed by atoms with Gasteiger partial charge in [0.25, 0.3) is 47.8 Å². The summed E-state index contributed by atoms with van der Waals surface area (Å²) >= 11 is 0. The Kier molecular flexibility index (Phi) is 28.2. The van der Waals surface area contributed by atoms with Crippen LogP contribution in [0.1, 0.15) is 223 Å². The molecule has 36 nitrogen and oxygen atoms in total. The Balaban J connectivity index is 0.000000141. The van der Waals surface area contributed by atoms with Gasteiger partial charge in [-0.3, -0.25) is 29.3 Å². The molecule has 12 bridgehead atoms. The number of ether oxygens (including phenoxy) is 3. The lowest BCUT2D eigenvalue weighted by atomic mass is 9.91. The van der Waals surface area contributed by atoms with E-state index in [9.17, 15) is 79.2 Å². The highest BCUT2D eigenvalue weighted by Gasteiger charge is 2.65. The fourth-order valence-corrected chi connectivity index (χ4v) is 23.6. The highest BCUT2D eigenvalue weighted by molar-refractivity contribution is 7.90. The minimum atomic E-state index is -4.40. The minimum absolute atomic E-state index is 0.0482. The summed E-state index contributed by atoms with van der Waals surface area (Å²) in [5.74, 6) is 1.16. The molecule has 21 rings (SSSR count). The Hall–Kier alpha value is -14.2. The van der Waals surface area contributed by atoms with Crippen molar-refractivity contribution in [2.24, 2.45) is 34.0 Å². The number of anilines is 6. The SMILES string of the molecule is CC1(C)C[C@@H]2CCC(c3ccccn3)Nc3cccc(n3)S(=O)(=O)NC(=O)c3ccc(-n4ccc(OCCC5(C(F)(F)F)CC5)n4)nc3N1C2.CC1(C)C[C@@H]2CCC(c3ccccn3)Nc3cccc(n3)S(=O)(=O)NC(=O)c3ccc(-n4ccc(OCCC5(C(F)(F)F)CC5)n4)nc3N1C2.CC1(C)C[C@@H]2CCC(c3ccccn3)Nc3cccc(n3)S(=O)(=O)NC(=O)c3ccc(-n4ccc(OCCC5(C(F)(F)F)CC5)n4)nc3N1C2. The molecule has 3 saturated heterocycles. The Morgan fingerprint density at radius 3 is 0.860 bits per heavy atom. The van der Waals surface area contributed by atoms with E-state index in [4.69, 9.17) is 29.2 Å². The van der Waals surface area contributed by atoms with Gasteiger partial charge in [0, 0.05) is 91.6 Å². The average molecular weight is 2130 g/mol. The molecule has 9 aliphatic rings. The van der Waals surface area contributed by atoms with E-state index in [1.165, 1.54) is 86.8 Å². The van der Waals surface area contributed by atoms with Crippen molar-refractivity contribution in [3.8, 4) is 35.1 Å². The lowest BCUT2D eigenvalue weighted by Crippen LogP contribution is -2.41. The van der Waals surface area contributed by atoms with Gasteiger partial charge in [-0.05, 0) is 284 Å². The number of hydrogen-bond donors (Lipinski definition) is 6. The van der Waals surface area contributed by atoms with E-state index in [-0.39, 0.29) is 180 Å². The number of amides is 3. The number of alkyl halides is 9. The molecule has 3 unspecified atom stereocenters. The largest absolute Gasteiger partial charge is 0.477 e. The smallest absolute Gasteiger partial charge is 0.394 e. The van der Waals surface area contributed by atoms with Crippen LogP contribution in [0.3, 0.4) is 0 Å². The fraction of sp³-hybridized carbons (Fsp3) is 0.441. The van der Waals surface area contributed by atoms with E-state index in [1.807, 2.05) is 69.3 Å². The van der Waals surface area contributed by atoms with Gasteiger partial charge in [0.05, 0.1) is 88.0 Å². The second kappa shape index (κ2) is 40.6. The van der Waals surface area contributed by atoms with Crippen molar-refractivity contribution in [3.05, 3.63) is 235 Å². The number of nitrogens with one attached hydrogen (secondary N) is 6. The molecule has 12 aromatic heterocycles. The van der Waals surface area contributed by atoms with Crippen molar-refractivity contribution in [2.75, 3.05) is 70.1 Å². The quantitative estimate of drug-likeness (QED) is 0.0434. The normalized spacial score (nSPS) is 22.3. The lowest BCUT2D eigenvalue weighted by molar-refractivity contribution is -0.190. The number of sulfonamides is 3. The van der Waals surface area contributed by atoms with Gasteiger partial charge >= 0.3 is 18.5 Å². The lowest BCUT2D eigenvalue weighted by Gasteiger charge is -2.34. The van der Waals surface area contributed by atoms with Crippen LogP contribution < -0.4 is 59.0 Å². The molecule has 6 atom stereocenters. The molecular formula is C102H111F9N24O12S3. The van der Waals surface area contributed by atoms with Crippen molar-refractivity contribution in [1.29, 1.82) is 0 Å². The monoisotopic (exact) mass is 2130 g/mol. The van der Waals surface area contributed by atoms with Gasteiger partial charge in [0.15, 0.2) is 32.5 Å². The van der Waals surface area contributed by atoms with Gasteiger partial charge in [-0.2, -0.15) is 64.8 Å². The van der Waals surface area contributed by atoms with Gasteiger partial charge < -0.3 is 44.9 Å². The van der Waals surface area contributed by atoms with Crippen LogP contribution in [0.4, 0.5) is 74.4 Å². The average Bonchev–Trinajstić information content (AvgIpc) is 1.61. The summed E-state index contributed by atoms with van der Waals surface area (Å²) in [6.45, 7) is 13.6. The number of aromatic nitrogens is 15.